The Hall–Kier alpha value is -0.440. The molecular weight excluding hydrogens is 120 g/mol. The van der Waals surface area contributed by atoms with Crippen LogP contribution in [0.1, 0.15) is 40.5 Å². The van der Waals surface area contributed by atoms with E-state index in [1.54, 1.807) is 0 Å². The Morgan fingerprint density at radius 3 is 2.00 bits per heavy atom. The molecule has 0 spiro atoms. The molecular formula is C10H18. The van der Waals surface area contributed by atoms with E-state index in [9.17, 15) is 0 Å². The molecule has 0 rings (SSSR count). The second-order valence-corrected chi connectivity index (χ2v) is 2.76. The van der Waals surface area contributed by atoms with Crippen molar-refractivity contribution in [1.29, 1.82) is 0 Å². The maximum Gasteiger partial charge on any atom is 0.0202 e. The van der Waals surface area contributed by atoms with Gasteiger partial charge >= 0.3 is 0 Å². The van der Waals surface area contributed by atoms with Crippen molar-refractivity contribution in [3.63, 3.8) is 0 Å². The quantitative estimate of drug-likeness (QED) is 0.526. The monoisotopic (exact) mass is 138 g/mol. The zero-order valence-electron chi connectivity index (χ0n) is 7.57. The molecule has 1 atom stereocenters. The Bertz CT molecular complexity index is 121. The Kier molecular flexibility index (Phi) is 5.12. The maximum absolute atomic E-state index is 3.20. The van der Waals surface area contributed by atoms with Gasteiger partial charge in [0.15, 0.2) is 0 Å². The normalized spacial score (nSPS) is 12.5. The predicted molar refractivity (Wildman–Crippen MR) is 46.7 cm³/mol. The molecule has 0 nitrogen and oxygen atoms in total. The summed E-state index contributed by atoms with van der Waals surface area (Å²) in [5.74, 6) is 7.55. The van der Waals surface area contributed by atoms with Gasteiger partial charge in [0, 0.05) is 5.92 Å². The molecule has 0 aromatic heterocycles. The fourth-order valence-electron chi connectivity index (χ4n) is 1.34. The Labute approximate surface area is 65.0 Å². The first kappa shape index (κ1) is 9.56. The summed E-state index contributed by atoms with van der Waals surface area (Å²) in [5.41, 5.74) is 0. The molecule has 1 unspecified atom stereocenters. The molecule has 0 saturated heterocycles. The van der Waals surface area contributed by atoms with Gasteiger partial charge in [0.05, 0.1) is 0 Å². The Morgan fingerprint density at radius 2 is 1.70 bits per heavy atom. The fraction of sp³-hybridized carbons (Fsp3) is 0.800. The molecule has 0 heterocycles. The first-order valence-corrected chi connectivity index (χ1v) is 4.18. The zero-order chi connectivity index (χ0) is 7.98. The van der Waals surface area contributed by atoms with Gasteiger partial charge in [-0.3, -0.25) is 0 Å². The highest BCUT2D eigenvalue weighted by atomic mass is 14.1. The fourth-order valence-corrected chi connectivity index (χ4v) is 1.34. The molecule has 0 aliphatic carbocycles. The van der Waals surface area contributed by atoms with E-state index in [1.165, 1.54) is 12.8 Å². The second-order valence-electron chi connectivity index (χ2n) is 2.76. The molecule has 0 fully saturated rings. The van der Waals surface area contributed by atoms with E-state index in [-0.39, 0.29) is 0 Å². The van der Waals surface area contributed by atoms with Crippen molar-refractivity contribution in [3.05, 3.63) is 0 Å². The van der Waals surface area contributed by atoms with Crippen LogP contribution in [0.15, 0.2) is 0 Å². The molecule has 0 bridgehead atoms. The summed E-state index contributed by atoms with van der Waals surface area (Å²) >= 11 is 0. The number of rotatable bonds is 3. The number of hydrogen-bond donors (Lipinski definition) is 0. The van der Waals surface area contributed by atoms with Gasteiger partial charge in [-0.2, -0.15) is 0 Å². The van der Waals surface area contributed by atoms with Gasteiger partial charge in [-0.25, -0.2) is 0 Å². The molecule has 10 heavy (non-hydrogen) atoms. The molecule has 0 heteroatoms. The van der Waals surface area contributed by atoms with Crippen molar-refractivity contribution in [2.75, 3.05) is 0 Å². The summed E-state index contributed by atoms with van der Waals surface area (Å²) in [5, 5.41) is 0. The van der Waals surface area contributed by atoms with Gasteiger partial charge in [0.1, 0.15) is 0 Å². The Balaban J connectivity index is 3.83. The van der Waals surface area contributed by atoms with Crippen molar-refractivity contribution in [3.8, 4) is 11.8 Å². The molecule has 58 valence electrons. The summed E-state index contributed by atoms with van der Waals surface area (Å²) in [7, 11) is 0. The molecule has 0 aliphatic heterocycles. The molecule has 0 amide bonds. The van der Waals surface area contributed by atoms with E-state index in [4.69, 9.17) is 0 Å². The minimum Gasteiger partial charge on any atom is -0.106 e. The van der Waals surface area contributed by atoms with E-state index in [1.807, 2.05) is 6.92 Å². The zero-order valence-corrected chi connectivity index (χ0v) is 7.57. The SMILES string of the molecule is CC#CC(C)C(CC)CC. The molecule has 0 aromatic carbocycles. The van der Waals surface area contributed by atoms with Gasteiger partial charge < -0.3 is 0 Å². The molecule has 0 saturated carbocycles. The van der Waals surface area contributed by atoms with Crippen LogP contribution >= 0.6 is 0 Å². The van der Waals surface area contributed by atoms with Crippen LogP contribution in [0.5, 0.6) is 0 Å². The first-order valence-electron chi connectivity index (χ1n) is 4.18. The summed E-state index contributed by atoms with van der Waals surface area (Å²) in [4.78, 5) is 0. The molecule has 0 aliphatic rings. The predicted octanol–water partition coefficient (Wildman–Crippen LogP) is 3.08. The third-order valence-electron chi connectivity index (χ3n) is 2.13. The van der Waals surface area contributed by atoms with E-state index in [2.05, 4.69) is 32.6 Å². The smallest absolute Gasteiger partial charge is 0.0202 e. The van der Waals surface area contributed by atoms with Crippen molar-refractivity contribution in [2.24, 2.45) is 11.8 Å². The van der Waals surface area contributed by atoms with Gasteiger partial charge in [0.25, 0.3) is 0 Å². The lowest BCUT2D eigenvalue weighted by Gasteiger charge is -2.14. The maximum atomic E-state index is 3.20. The molecule has 0 aromatic rings. The van der Waals surface area contributed by atoms with Crippen LogP contribution < -0.4 is 0 Å². The minimum atomic E-state index is 0.583. The second kappa shape index (κ2) is 5.35. The standard InChI is InChI=1S/C10H18/c1-5-8-9(4)10(6-2)7-3/h9-10H,6-7H2,1-4H3. The summed E-state index contributed by atoms with van der Waals surface area (Å²) in [6.07, 6.45) is 2.51. The molecule has 0 radical (unpaired) electrons. The van der Waals surface area contributed by atoms with Crippen molar-refractivity contribution < 1.29 is 0 Å². The van der Waals surface area contributed by atoms with Gasteiger partial charge in [-0.05, 0) is 12.8 Å². The topological polar surface area (TPSA) is 0 Å². The van der Waals surface area contributed by atoms with E-state index in [0.717, 1.165) is 5.92 Å². The van der Waals surface area contributed by atoms with Crippen LogP contribution in [0.3, 0.4) is 0 Å². The van der Waals surface area contributed by atoms with Crippen LogP contribution in [-0.2, 0) is 0 Å². The average molecular weight is 138 g/mol. The van der Waals surface area contributed by atoms with Crippen LogP contribution in [0.4, 0.5) is 0 Å². The lowest BCUT2D eigenvalue weighted by Crippen LogP contribution is -2.07. The van der Waals surface area contributed by atoms with Crippen LogP contribution in [-0.4, -0.2) is 0 Å². The summed E-state index contributed by atoms with van der Waals surface area (Å²) in [6, 6.07) is 0. The van der Waals surface area contributed by atoms with Gasteiger partial charge in [0.2, 0.25) is 0 Å². The highest BCUT2D eigenvalue weighted by Crippen LogP contribution is 2.17. The van der Waals surface area contributed by atoms with Crippen molar-refractivity contribution in [2.45, 2.75) is 40.5 Å². The lowest BCUT2D eigenvalue weighted by atomic mass is 9.90. The summed E-state index contributed by atoms with van der Waals surface area (Å²) in [6.45, 7) is 8.61. The number of hydrogen-bond acceptors (Lipinski definition) is 0. The van der Waals surface area contributed by atoms with Crippen LogP contribution in [0.25, 0.3) is 0 Å². The Morgan fingerprint density at radius 1 is 1.20 bits per heavy atom. The highest BCUT2D eigenvalue weighted by molar-refractivity contribution is 5.00. The lowest BCUT2D eigenvalue weighted by molar-refractivity contribution is 0.405. The average Bonchev–Trinajstić information content (AvgIpc) is 1.91. The van der Waals surface area contributed by atoms with E-state index in [0.29, 0.717) is 5.92 Å². The third kappa shape index (κ3) is 2.92. The first-order chi connectivity index (χ1) is 4.76. The summed E-state index contributed by atoms with van der Waals surface area (Å²) < 4.78 is 0. The van der Waals surface area contributed by atoms with Crippen LogP contribution in [0.2, 0.25) is 0 Å². The van der Waals surface area contributed by atoms with Crippen molar-refractivity contribution in [1.82, 2.24) is 0 Å². The highest BCUT2D eigenvalue weighted by Gasteiger charge is 2.09. The van der Waals surface area contributed by atoms with Crippen molar-refractivity contribution >= 4 is 0 Å². The third-order valence-corrected chi connectivity index (χ3v) is 2.13. The largest absolute Gasteiger partial charge is 0.106 e. The molecule has 0 N–H and O–H groups in total. The van der Waals surface area contributed by atoms with Gasteiger partial charge in [-0.15, -0.1) is 11.8 Å². The van der Waals surface area contributed by atoms with E-state index < -0.39 is 0 Å². The van der Waals surface area contributed by atoms with Crippen LogP contribution in [0, 0.1) is 23.7 Å². The van der Waals surface area contributed by atoms with E-state index >= 15 is 0 Å². The minimum absolute atomic E-state index is 0.583. The van der Waals surface area contributed by atoms with Gasteiger partial charge in [-0.1, -0.05) is 33.6 Å².